The molecule has 1 aliphatic heterocycles. The minimum Gasteiger partial charge on any atom is -0.450 e. The Labute approximate surface area is 165 Å². The van der Waals surface area contributed by atoms with Gasteiger partial charge in [-0.15, -0.1) is 0 Å². The zero-order valence-electron chi connectivity index (χ0n) is 16.3. The van der Waals surface area contributed by atoms with E-state index in [0.29, 0.717) is 56.4 Å². The first-order valence-corrected chi connectivity index (χ1v) is 9.46. The van der Waals surface area contributed by atoms with Gasteiger partial charge in [-0.05, 0) is 46.0 Å². The Hall–Kier alpha value is -2.49. The number of guanidine groups is 1. The average molecular weight is 394 g/mol. The van der Waals surface area contributed by atoms with Gasteiger partial charge in [0, 0.05) is 44.1 Å². The van der Waals surface area contributed by atoms with Crippen molar-refractivity contribution in [3.05, 3.63) is 17.5 Å². The molecule has 1 fully saturated rings. The van der Waals surface area contributed by atoms with E-state index in [0.717, 1.165) is 11.4 Å². The number of anilines is 1. The Morgan fingerprint density at radius 1 is 1.19 bits per heavy atom. The molecule has 2 rings (SSSR count). The molecule has 0 bridgehead atoms. The number of thiocarbonyl (C=S) groups is 1. The number of hydrogen-bond donors (Lipinski definition) is 2. The molecule has 0 aromatic carbocycles. The summed E-state index contributed by atoms with van der Waals surface area (Å²) in [5.74, 6) is 1.04. The second-order valence-corrected chi connectivity index (χ2v) is 6.43. The van der Waals surface area contributed by atoms with Crippen molar-refractivity contribution in [3.63, 3.8) is 0 Å². The van der Waals surface area contributed by atoms with Gasteiger partial charge in [0.2, 0.25) is 11.9 Å². The van der Waals surface area contributed by atoms with E-state index in [4.69, 9.17) is 17.0 Å². The van der Waals surface area contributed by atoms with E-state index in [1.165, 1.54) is 0 Å². The summed E-state index contributed by atoms with van der Waals surface area (Å²) in [7, 11) is 0. The first-order valence-electron chi connectivity index (χ1n) is 9.05. The molecular formula is C17H27N7O2S. The van der Waals surface area contributed by atoms with Gasteiger partial charge in [-0.1, -0.05) is 0 Å². The van der Waals surface area contributed by atoms with Gasteiger partial charge in [-0.3, -0.25) is 5.32 Å². The van der Waals surface area contributed by atoms with Crippen LogP contribution < -0.4 is 10.6 Å². The lowest BCUT2D eigenvalue weighted by molar-refractivity contribution is 0.0920. The van der Waals surface area contributed by atoms with E-state index in [1.54, 1.807) is 11.8 Å². The van der Waals surface area contributed by atoms with E-state index in [9.17, 15) is 4.79 Å². The Morgan fingerprint density at radius 2 is 1.78 bits per heavy atom. The van der Waals surface area contributed by atoms with E-state index in [-0.39, 0.29) is 6.09 Å². The number of rotatable bonds is 3. The maximum absolute atomic E-state index is 11.9. The number of aromatic nitrogens is 2. The van der Waals surface area contributed by atoms with E-state index in [2.05, 4.69) is 25.6 Å². The molecule has 2 N–H and O–H groups in total. The number of carbonyl (C=O) groups is 1. The predicted molar refractivity (Wildman–Crippen MR) is 109 cm³/mol. The zero-order chi connectivity index (χ0) is 19.8. The molecular weight excluding hydrogens is 366 g/mol. The Bertz CT molecular complexity index is 682. The van der Waals surface area contributed by atoms with Gasteiger partial charge in [0.05, 0.1) is 6.61 Å². The van der Waals surface area contributed by atoms with Crippen LogP contribution in [0.3, 0.4) is 0 Å². The molecule has 1 aromatic heterocycles. The molecule has 1 saturated heterocycles. The highest BCUT2D eigenvalue weighted by atomic mass is 32.1. The average Bonchev–Trinajstić information content (AvgIpc) is 2.61. The molecule has 10 heteroatoms. The van der Waals surface area contributed by atoms with Crippen molar-refractivity contribution in [2.24, 2.45) is 4.99 Å². The maximum atomic E-state index is 11.9. The smallest absolute Gasteiger partial charge is 0.409 e. The summed E-state index contributed by atoms with van der Waals surface area (Å²) in [4.78, 5) is 28.9. The fourth-order valence-electron chi connectivity index (χ4n) is 2.66. The third kappa shape index (κ3) is 6.31. The summed E-state index contributed by atoms with van der Waals surface area (Å²) in [5.41, 5.74) is 1.73. The molecule has 0 radical (unpaired) electrons. The van der Waals surface area contributed by atoms with Crippen LogP contribution in [-0.2, 0) is 4.74 Å². The number of carbonyl (C=O) groups excluding carboxylic acids is 1. The number of ether oxygens (including phenoxy) is 1. The minimum absolute atomic E-state index is 0.288. The monoisotopic (exact) mass is 393 g/mol. The standard InChI is InChI=1S/C17H27N7O2S/c1-5-18-16(27)22-15(21-14-19-12(3)11-13(4)20-14)23-7-9-24(10-8-23)17(25)26-6-2/h11H,5-10H2,1-4H3,(H2,18,19,20,21,22,27). The van der Waals surface area contributed by atoms with Crippen LogP contribution in [0.2, 0.25) is 0 Å². The minimum atomic E-state index is -0.288. The molecule has 1 aliphatic rings. The van der Waals surface area contributed by atoms with Gasteiger partial charge in [-0.2, -0.15) is 4.99 Å². The van der Waals surface area contributed by atoms with Crippen LogP contribution in [0.5, 0.6) is 0 Å². The molecule has 0 unspecified atom stereocenters. The Balaban J connectivity index is 2.13. The predicted octanol–water partition coefficient (Wildman–Crippen LogP) is 1.53. The molecule has 0 aliphatic carbocycles. The number of aryl methyl sites for hydroxylation is 2. The van der Waals surface area contributed by atoms with Crippen LogP contribution in [0.1, 0.15) is 25.2 Å². The largest absolute Gasteiger partial charge is 0.450 e. The molecule has 0 saturated carbocycles. The van der Waals surface area contributed by atoms with Crippen LogP contribution in [0.25, 0.3) is 0 Å². The van der Waals surface area contributed by atoms with Crippen LogP contribution in [0.15, 0.2) is 11.1 Å². The first kappa shape index (κ1) is 20.8. The molecule has 0 atom stereocenters. The van der Waals surface area contributed by atoms with Crippen molar-refractivity contribution >= 4 is 35.3 Å². The molecule has 9 nitrogen and oxygen atoms in total. The van der Waals surface area contributed by atoms with Crippen LogP contribution >= 0.6 is 12.2 Å². The van der Waals surface area contributed by atoms with Crippen LogP contribution in [-0.4, -0.2) is 76.3 Å². The summed E-state index contributed by atoms with van der Waals surface area (Å²) >= 11 is 5.28. The fraction of sp³-hybridized carbons (Fsp3) is 0.588. The number of nitrogens with one attached hydrogen (secondary N) is 2. The van der Waals surface area contributed by atoms with Crippen LogP contribution in [0.4, 0.5) is 10.7 Å². The number of nitrogens with zero attached hydrogens (tertiary/aromatic N) is 5. The van der Waals surface area contributed by atoms with Crippen molar-refractivity contribution in [2.45, 2.75) is 27.7 Å². The van der Waals surface area contributed by atoms with Crippen LogP contribution in [0, 0.1) is 13.8 Å². The third-order valence-electron chi connectivity index (χ3n) is 3.85. The van der Waals surface area contributed by atoms with Gasteiger partial charge < -0.3 is 19.9 Å². The van der Waals surface area contributed by atoms with Crippen molar-refractivity contribution in [1.29, 1.82) is 0 Å². The quantitative estimate of drug-likeness (QED) is 0.454. The number of hydrogen-bond acceptors (Lipinski definition) is 5. The molecule has 0 spiro atoms. The topological polar surface area (TPSA) is 95.0 Å². The lowest BCUT2D eigenvalue weighted by atomic mass is 10.3. The molecule has 1 aromatic rings. The number of amides is 1. The first-order chi connectivity index (χ1) is 12.9. The molecule has 1 amide bonds. The zero-order valence-corrected chi connectivity index (χ0v) is 17.1. The van der Waals surface area contributed by atoms with Gasteiger partial charge in [0.15, 0.2) is 5.11 Å². The summed E-state index contributed by atoms with van der Waals surface area (Å²) < 4.78 is 5.07. The van der Waals surface area contributed by atoms with Gasteiger partial charge in [-0.25, -0.2) is 14.8 Å². The van der Waals surface area contributed by atoms with Crippen molar-refractivity contribution < 1.29 is 9.53 Å². The van der Waals surface area contributed by atoms with Crippen molar-refractivity contribution in [1.82, 2.24) is 25.1 Å². The van der Waals surface area contributed by atoms with E-state index in [1.807, 2.05) is 31.7 Å². The van der Waals surface area contributed by atoms with E-state index >= 15 is 0 Å². The van der Waals surface area contributed by atoms with Crippen molar-refractivity contribution in [2.75, 3.05) is 44.6 Å². The second kappa shape index (κ2) is 10.0. The number of aliphatic imine (C=N–C) groups is 1. The van der Waals surface area contributed by atoms with Gasteiger partial charge >= 0.3 is 6.09 Å². The fourth-order valence-corrected chi connectivity index (χ4v) is 2.89. The highest BCUT2D eigenvalue weighted by Crippen LogP contribution is 2.09. The normalized spacial score (nSPS) is 14.7. The molecule has 27 heavy (non-hydrogen) atoms. The number of piperazine rings is 1. The summed E-state index contributed by atoms with van der Waals surface area (Å²) in [6.07, 6.45) is -0.288. The Kier molecular flexibility index (Phi) is 7.71. The summed E-state index contributed by atoms with van der Waals surface area (Å²) in [5, 5.41) is 6.59. The highest BCUT2D eigenvalue weighted by molar-refractivity contribution is 7.80. The Morgan fingerprint density at radius 3 is 2.33 bits per heavy atom. The lowest BCUT2D eigenvalue weighted by Gasteiger charge is -2.35. The second-order valence-electron chi connectivity index (χ2n) is 6.04. The van der Waals surface area contributed by atoms with Crippen molar-refractivity contribution in [3.8, 4) is 0 Å². The molecule has 2 heterocycles. The van der Waals surface area contributed by atoms with E-state index < -0.39 is 0 Å². The highest BCUT2D eigenvalue weighted by Gasteiger charge is 2.24. The SMILES string of the molecule is CCNC(=S)/N=C(/Nc1nc(C)cc(C)n1)N1CCN(C(=O)OCC)CC1. The lowest BCUT2D eigenvalue weighted by Crippen LogP contribution is -2.52. The summed E-state index contributed by atoms with van der Waals surface area (Å²) in [6.45, 7) is 10.9. The third-order valence-corrected chi connectivity index (χ3v) is 4.08. The molecule has 148 valence electrons. The van der Waals surface area contributed by atoms with Gasteiger partial charge in [0.25, 0.3) is 0 Å². The maximum Gasteiger partial charge on any atom is 0.409 e. The van der Waals surface area contributed by atoms with Gasteiger partial charge in [0.1, 0.15) is 0 Å². The summed E-state index contributed by atoms with van der Waals surface area (Å²) in [6, 6.07) is 1.91.